The fourth-order valence-electron chi connectivity index (χ4n) is 6.46. The van der Waals surface area contributed by atoms with Crippen LogP contribution in [0.1, 0.15) is 51.7 Å². The monoisotopic (exact) mass is 776 g/mol. The second-order valence-electron chi connectivity index (χ2n) is 12.8. The molecule has 274 valence electrons. The topological polar surface area (TPSA) is 253 Å². The number of nitrogens with zero attached hydrogens (tertiary/aromatic N) is 2. The van der Waals surface area contributed by atoms with Gasteiger partial charge in [0.05, 0.1) is 26.2 Å². The zero-order valence-electron chi connectivity index (χ0n) is 27.3. The molecule has 0 atom stereocenters. The van der Waals surface area contributed by atoms with E-state index in [0.717, 1.165) is 6.07 Å². The third-order valence-electron chi connectivity index (χ3n) is 8.59. The lowest BCUT2D eigenvalue weighted by atomic mass is 9.81. The summed E-state index contributed by atoms with van der Waals surface area (Å²) in [4.78, 5) is 10.8. The van der Waals surface area contributed by atoms with E-state index in [2.05, 4.69) is 0 Å². The molecule has 0 saturated heterocycles. The molecule has 0 amide bonds. The molecule has 0 aromatic heterocycles. The van der Waals surface area contributed by atoms with Crippen LogP contribution in [0.25, 0.3) is 0 Å². The fraction of sp³-hybridized carbons (Fsp3) is 0.400. The Bertz CT molecular complexity index is 2270. The van der Waals surface area contributed by atoms with Gasteiger partial charge < -0.3 is 14.2 Å². The second kappa shape index (κ2) is 13.6. The Morgan fingerprint density at radius 3 is 2.10 bits per heavy atom. The molecule has 2 heterocycles. The highest BCUT2D eigenvalue weighted by Crippen LogP contribution is 2.51. The number of ether oxygens (including phenoxy) is 1. The number of benzene rings is 2. The van der Waals surface area contributed by atoms with Gasteiger partial charge in [-0.25, -0.2) is 8.42 Å². The van der Waals surface area contributed by atoms with E-state index in [0.29, 0.717) is 28.7 Å². The summed E-state index contributed by atoms with van der Waals surface area (Å²) in [5.41, 5.74) is 0.133. The summed E-state index contributed by atoms with van der Waals surface area (Å²) in [7, 11) is -19.0. The van der Waals surface area contributed by atoms with E-state index in [1.807, 2.05) is 13.8 Å². The Morgan fingerprint density at radius 2 is 1.54 bits per heavy atom. The van der Waals surface area contributed by atoms with Crippen molar-refractivity contribution < 1.29 is 66.0 Å². The highest BCUT2D eigenvalue weighted by molar-refractivity contribution is 7.87. The zero-order valence-corrected chi connectivity index (χ0v) is 30.6. The molecule has 0 aliphatic carbocycles. The van der Waals surface area contributed by atoms with Crippen molar-refractivity contribution >= 4 is 64.0 Å². The highest BCUT2D eigenvalue weighted by Gasteiger charge is 2.46. The Kier molecular flexibility index (Phi) is 10.7. The molecular formula is C30H36N2O14S4. The zero-order chi connectivity index (χ0) is 37.7. The van der Waals surface area contributed by atoms with Crippen LogP contribution in [0.2, 0.25) is 0 Å². The minimum atomic E-state index is -5.08. The number of allylic oxidation sites excluding steroid dienone is 4. The average molecular weight is 777 g/mol. The van der Waals surface area contributed by atoms with Crippen LogP contribution < -0.4 is 9.64 Å². The minimum absolute atomic E-state index is 0.0231. The Labute approximate surface area is 290 Å². The maximum absolute atomic E-state index is 12.6. The third-order valence-corrected chi connectivity index (χ3v) is 11.9. The van der Waals surface area contributed by atoms with E-state index in [-0.39, 0.29) is 49.4 Å². The molecule has 0 fully saturated rings. The largest absolute Gasteiger partial charge is 0.748 e. The van der Waals surface area contributed by atoms with E-state index in [4.69, 9.17) is 4.74 Å². The van der Waals surface area contributed by atoms with Crippen molar-refractivity contribution in [3.63, 3.8) is 0 Å². The lowest BCUT2D eigenvalue weighted by molar-refractivity contribution is -0.437. The van der Waals surface area contributed by atoms with Gasteiger partial charge in [-0.1, -0.05) is 19.9 Å². The number of fused-ring (bicyclic) bond motifs is 2. The van der Waals surface area contributed by atoms with E-state index in [1.165, 1.54) is 4.90 Å². The first-order chi connectivity index (χ1) is 22.8. The van der Waals surface area contributed by atoms with Crippen molar-refractivity contribution in [3.8, 4) is 5.75 Å². The lowest BCUT2D eigenvalue weighted by Crippen LogP contribution is -2.29. The van der Waals surface area contributed by atoms with Crippen LogP contribution in [-0.2, 0) is 56.1 Å². The Balaban J connectivity index is 1.91. The van der Waals surface area contributed by atoms with Crippen molar-refractivity contribution in [2.75, 3.05) is 29.5 Å². The van der Waals surface area contributed by atoms with Crippen LogP contribution in [0.15, 0.2) is 64.0 Å². The molecule has 0 bridgehead atoms. The molecule has 2 aromatic rings. The van der Waals surface area contributed by atoms with Gasteiger partial charge in [-0.2, -0.15) is 29.8 Å². The maximum Gasteiger partial charge on any atom is 0.298 e. The lowest BCUT2D eigenvalue weighted by Gasteiger charge is -2.27. The summed E-state index contributed by atoms with van der Waals surface area (Å²) in [6.07, 6.45) is 4.60. The summed E-state index contributed by atoms with van der Waals surface area (Å²) >= 11 is 0. The summed E-state index contributed by atoms with van der Waals surface area (Å²) in [5.74, 6) is -1.06. The van der Waals surface area contributed by atoms with Crippen molar-refractivity contribution in [2.24, 2.45) is 0 Å². The van der Waals surface area contributed by atoms with E-state index in [1.54, 1.807) is 54.9 Å². The molecule has 0 saturated carbocycles. The van der Waals surface area contributed by atoms with Gasteiger partial charge in [0, 0.05) is 58.8 Å². The van der Waals surface area contributed by atoms with E-state index < -0.39 is 72.6 Å². The predicted molar refractivity (Wildman–Crippen MR) is 180 cm³/mol. The molecule has 3 N–H and O–H groups in total. The van der Waals surface area contributed by atoms with Crippen molar-refractivity contribution in [3.05, 3.63) is 65.4 Å². The van der Waals surface area contributed by atoms with Crippen LogP contribution in [0.5, 0.6) is 5.75 Å². The van der Waals surface area contributed by atoms with Gasteiger partial charge in [-0.3, -0.25) is 18.5 Å². The van der Waals surface area contributed by atoms with Gasteiger partial charge >= 0.3 is 0 Å². The number of anilines is 1. The van der Waals surface area contributed by atoms with Crippen molar-refractivity contribution in [2.45, 2.75) is 61.2 Å². The van der Waals surface area contributed by atoms with Crippen LogP contribution >= 0.6 is 0 Å². The first kappa shape index (κ1) is 39.3. The van der Waals surface area contributed by atoms with Crippen molar-refractivity contribution in [1.82, 2.24) is 0 Å². The number of hydrogen-bond acceptors (Lipinski definition) is 12. The van der Waals surface area contributed by atoms with Crippen LogP contribution in [0, 0.1) is 0 Å². The molecule has 20 heteroatoms. The first-order valence-corrected chi connectivity index (χ1v) is 20.9. The molecular weight excluding hydrogens is 741 g/mol. The minimum Gasteiger partial charge on any atom is -0.748 e. The fourth-order valence-corrected chi connectivity index (χ4v) is 8.94. The first-order valence-electron chi connectivity index (χ1n) is 14.9. The highest BCUT2D eigenvalue weighted by atomic mass is 32.2. The molecule has 2 aromatic carbocycles. The summed E-state index contributed by atoms with van der Waals surface area (Å²) in [5, 5.41) is 0. The van der Waals surface area contributed by atoms with Gasteiger partial charge in [-0.05, 0) is 50.6 Å². The Hall–Kier alpha value is -3.50. The average Bonchev–Trinajstić information content (AvgIpc) is 3.29. The smallest absolute Gasteiger partial charge is 0.298 e. The second-order valence-corrected chi connectivity index (χ2v) is 18.7. The SMILES string of the molecule is CC1(C)C(/C=C/C=C2/N(CCCS(=O)(=O)O)c3cc(S(=O)(=O)O)cc(S(=O)(=O)O)c3C2(C)C)=[N+](CCCS(=O)(=O)[O-])c2ccc(OC=O)cc21. The van der Waals surface area contributed by atoms with Gasteiger partial charge in [0.1, 0.15) is 17.2 Å². The predicted octanol–water partition coefficient (Wildman–Crippen LogP) is 2.54. The number of hydrogen-bond donors (Lipinski definition) is 3. The van der Waals surface area contributed by atoms with Crippen molar-refractivity contribution in [1.29, 1.82) is 0 Å². The van der Waals surface area contributed by atoms with Gasteiger partial charge in [0.25, 0.3) is 36.8 Å². The van der Waals surface area contributed by atoms with Gasteiger partial charge in [-0.15, -0.1) is 0 Å². The summed E-state index contributed by atoms with van der Waals surface area (Å²) < 4.78 is 143. The van der Waals surface area contributed by atoms with Gasteiger partial charge in [0.15, 0.2) is 5.71 Å². The molecule has 0 radical (unpaired) electrons. The quantitative estimate of drug-likeness (QED) is 0.142. The molecule has 16 nitrogen and oxygen atoms in total. The number of carbonyl (C=O) groups is 1. The van der Waals surface area contributed by atoms with Crippen LogP contribution in [-0.4, -0.2) is 93.2 Å². The summed E-state index contributed by atoms with van der Waals surface area (Å²) in [6.45, 7) is 7.09. The molecule has 4 rings (SSSR count). The van der Waals surface area contributed by atoms with Gasteiger partial charge in [0.2, 0.25) is 5.69 Å². The Morgan fingerprint density at radius 1 is 0.880 bits per heavy atom. The number of carbonyl (C=O) groups excluding carboxylic acids is 1. The van der Waals surface area contributed by atoms with Crippen LogP contribution in [0.3, 0.4) is 0 Å². The third kappa shape index (κ3) is 8.34. The number of rotatable bonds is 14. The molecule has 2 aliphatic rings. The van der Waals surface area contributed by atoms with Crippen LogP contribution in [0.4, 0.5) is 11.4 Å². The normalized spacial score (nSPS) is 18.2. The molecule has 50 heavy (non-hydrogen) atoms. The maximum atomic E-state index is 12.6. The van der Waals surface area contributed by atoms with E-state index in [9.17, 15) is 56.7 Å². The molecule has 0 unspecified atom stereocenters. The van der Waals surface area contributed by atoms with E-state index >= 15 is 0 Å². The summed E-state index contributed by atoms with van der Waals surface area (Å²) in [6, 6.07) is 6.49. The molecule has 2 aliphatic heterocycles. The standard InChI is InChI=1S/C30H36N2O14S4/c1-29(2)22-16-20(46-19-33)10-11-23(22)31(12-6-14-47(34,35)36)26(29)8-5-9-27-30(3,4)28-24(32(27)13-7-15-48(37,38)39)17-21(49(40,41)42)18-25(28)50(43,44)45/h5,8-11,16-19H,6-7,12-15H2,1-4H3,(H3-,34,35,36,37,38,39,40,41,42,43,44,45). The molecule has 0 spiro atoms.